The normalized spacial score (nSPS) is 10.2. The average Bonchev–Trinajstić information content (AvgIpc) is 2.48. The molecule has 0 saturated heterocycles. The van der Waals surface area contributed by atoms with E-state index < -0.39 is 17.7 Å². The first-order valence-corrected chi connectivity index (χ1v) is 6.58. The molecule has 2 rings (SSSR count). The smallest absolute Gasteiger partial charge is 0.336 e. The Labute approximate surface area is 126 Å². The van der Waals surface area contributed by atoms with Crippen molar-refractivity contribution < 1.29 is 24.6 Å². The molecule has 0 saturated carbocycles. The Morgan fingerprint density at radius 1 is 0.864 bits per heavy atom. The summed E-state index contributed by atoms with van der Waals surface area (Å²) in [5, 5.41) is 18.3. The summed E-state index contributed by atoms with van der Waals surface area (Å²) < 4.78 is 0. The number of carbonyl (C=O) groups excluding carboxylic acids is 1. The lowest BCUT2D eigenvalue weighted by Gasteiger charge is -2.08. The fourth-order valence-corrected chi connectivity index (χ4v) is 2.22. The van der Waals surface area contributed by atoms with Crippen molar-refractivity contribution in [3.63, 3.8) is 0 Å². The van der Waals surface area contributed by atoms with Gasteiger partial charge in [-0.15, -0.1) is 0 Å². The van der Waals surface area contributed by atoms with Gasteiger partial charge in [0.25, 0.3) is 0 Å². The molecule has 0 atom stereocenters. The Balaban J connectivity index is 2.38. The molecule has 0 radical (unpaired) electrons. The van der Waals surface area contributed by atoms with Gasteiger partial charge in [-0.05, 0) is 24.6 Å². The molecule has 22 heavy (non-hydrogen) atoms. The van der Waals surface area contributed by atoms with E-state index in [0.717, 1.165) is 5.56 Å². The molecule has 2 aromatic carbocycles. The van der Waals surface area contributed by atoms with Crippen LogP contribution >= 0.6 is 0 Å². The Bertz CT molecular complexity index is 761. The number of carboxylic acids is 2. The third kappa shape index (κ3) is 3.20. The molecular weight excluding hydrogens is 284 g/mol. The second-order valence-corrected chi connectivity index (χ2v) is 4.92. The van der Waals surface area contributed by atoms with Gasteiger partial charge in [0.2, 0.25) is 0 Å². The van der Waals surface area contributed by atoms with Crippen LogP contribution in [0.3, 0.4) is 0 Å². The van der Waals surface area contributed by atoms with Gasteiger partial charge in [0.15, 0.2) is 5.78 Å². The molecule has 0 amide bonds. The first-order chi connectivity index (χ1) is 10.4. The van der Waals surface area contributed by atoms with E-state index in [-0.39, 0.29) is 23.1 Å². The van der Waals surface area contributed by atoms with Crippen molar-refractivity contribution in [2.24, 2.45) is 0 Å². The number of carboxylic acid groups (broad SMARTS) is 2. The molecule has 0 aliphatic carbocycles. The van der Waals surface area contributed by atoms with Crippen LogP contribution in [0.5, 0.6) is 0 Å². The SMILES string of the molecule is Cc1ccc(CC(=O)c2ccccc2C(=O)O)c(C(=O)O)c1. The summed E-state index contributed by atoms with van der Waals surface area (Å²) in [7, 11) is 0. The molecule has 0 unspecified atom stereocenters. The van der Waals surface area contributed by atoms with Gasteiger partial charge in [-0.1, -0.05) is 35.9 Å². The lowest BCUT2D eigenvalue weighted by atomic mass is 9.95. The van der Waals surface area contributed by atoms with Gasteiger partial charge in [0, 0.05) is 12.0 Å². The number of rotatable bonds is 5. The summed E-state index contributed by atoms with van der Waals surface area (Å²) in [4.78, 5) is 34.8. The minimum Gasteiger partial charge on any atom is -0.478 e. The Morgan fingerprint density at radius 2 is 1.45 bits per heavy atom. The Morgan fingerprint density at radius 3 is 2.05 bits per heavy atom. The molecule has 5 nitrogen and oxygen atoms in total. The van der Waals surface area contributed by atoms with Crippen LogP contribution in [0.1, 0.15) is 42.2 Å². The van der Waals surface area contributed by atoms with E-state index in [1.165, 1.54) is 24.3 Å². The van der Waals surface area contributed by atoms with Gasteiger partial charge in [0.05, 0.1) is 11.1 Å². The van der Waals surface area contributed by atoms with Gasteiger partial charge in [0.1, 0.15) is 0 Å². The topological polar surface area (TPSA) is 91.7 Å². The zero-order valence-electron chi connectivity index (χ0n) is 11.9. The molecule has 0 aliphatic rings. The van der Waals surface area contributed by atoms with Crippen LogP contribution in [0.4, 0.5) is 0 Å². The van der Waals surface area contributed by atoms with Crippen LogP contribution in [0, 0.1) is 6.92 Å². The highest BCUT2D eigenvalue weighted by molar-refractivity contribution is 6.07. The van der Waals surface area contributed by atoms with Crippen molar-refractivity contribution in [1.82, 2.24) is 0 Å². The number of aryl methyl sites for hydroxylation is 1. The van der Waals surface area contributed by atoms with E-state index in [0.29, 0.717) is 5.56 Å². The summed E-state index contributed by atoms with van der Waals surface area (Å²) >= 11 is 0. The maximum atomic E-state index is 12.3. The quantitative estimate of drug-likeness (QED) is 0.828. The third-order valence-corrected chi connectivity index (χ3v) is 3.30. The van der Waals surface area contributed by atoms with E-state index in [1.807, 2.05) is 0 Å². The molecule has 0 fully saturated rings. The predicted octanol–water partition coefficient (Wildman–Crippen LogP) is 2.82. The van der Waals surface area contributed by atoms with Gasteiger partial charge in [-0.25, -0.2) is 9.59 Å². The van der Waals surface area contributed by atoms with Crippen molar-refractivity contribution in [2.75, 3.05) is 0 Å². The number of benzene rings is 2. The number of Topliss-reactive ketones (excluding diaryl/α,β-unsaturated/α-hetero) is 1. The Kier molecular flexibility index (Phi) is 4.36. The van der Waals surface area contributed by atoms with Gasteiger partial charge in [-0.2, -0.15) is 0 Å². The van der Waals surface area contributed by atoms with Crippen molar-refractivity contribution in [3.05, 3.63) is 70.3 Å². The minimum absolute atomic E-state index is 0.0566. The lowest BCUT2D eigenvalue weighted by molar-refractivity contribution is 0.0682. The summed E-state index contributed by atoms with van der Waals surface area (Å²) in [6.07, 6.45) is -0.161. The molecule has 0 bridgehead atoms. The van der Waals surface area contributed by atoms with Crippen LogP contribution in [-0.4, -0.2) is 27.9 Å². The highest BCUT2D eigenvalue weighted by Gasteiger charge is 2.19. The van der Waals surface area contributed by atoms with E-state index in [2.05, 4.69) is 0 Å². The summed E-state index contributed by atoms with van der Waals surface area (Å²) in [6.45, 7) is 1.76. The predicted molar refractivity (Wildman–Crippen MR) is 79.6 cm³/mol. The van der Waals surface area contributed by atoms with Crippen LogP contribution in [0.2, 0.25) is 0 Å². The van der Waals surface area contributed by atoms with E-state index >= 15 is 0 Å². The van der Waals surface area contributed by atoms with E-state index in [9.17, 15) is 19.5 Å². The first kappa shape index (κ1) is 15.4. The average molecular weight is 298 g/mol. The molecule has 112 valence electrons. The van der Waals surface area contributed by atoms with E-state index in [4.69, 9.17) is 5.11 Å². The zero-order chi connectivity index (χ0) is 16.3. The summed E-state index contributed by atoms with van der Waals surface area (Å²) in [6, 6.07) is 10.7. The second-order valence-electron chi connectivity index (χ2n) is 4.92. The first-order valence-electron chi connectivity index (χ1n) is 6.58. The molecule has 2 aromatic rings. The number of aromatic carboxylic acids is 2. The molecule has 2 N–H and O–H groups in total. The standard InChI is InChI=1S/C17H14O5/c1-10-6-7-11(14(8-10)17(21)22)9-15(18)12-4-2-3-5-13(12)16(19)20/h2-8H,9H2,1H3,(H,19,20)(H,21,22). The molecule has 0 spiro atoms. The third-order valence-electron chi connectivity index (χ3n) is 3.30. The fraction of sp³-hybridized carbons (Fsp3) is 0.118. The number of ketones is 1. The van der Waals surface area contributed by atoms with E-state index in [1.54, 1.807) is 25.1 Å². The van der Waals surface area contributed by atoms with Crippen molar-refractivity contribution in [2.45, 2.75) is 13.3 Å². The highest BCUT2D eigenvalue weighted by atomic mass is 16.4. The molecule has 0 aliphatic heterocycles. The number of carbonyl (C=O) groups is 3. The van der Waals surface area contributed by atoms with Crippen molar-refractivity contribution in [1.29, 1.82) is 0 Å². The lowest BCUT2D eigenvalue weighted by Crippen LogP contribution is -2.13. The number of hydrogen-bond donors (Lipinski definition) is 2. The van der Waals surface area contributed by atoms with Gasteiger partial charge >= 0.3 is 11.9 Å². The van der Waals surface area contributed by atoms with Crippen LogP contribution in [-0.2, 0) is 6.42 Å². The molecule has 0 heterocycles. The highest BCUT2D eigenvalue weighted by Crippen LogP contribution is 2.17. The Hall–Kier alpha value is -2.95. The molecular formula is C17H14O5. The maximum absolute atomic E-state index is 12.3. The second kappa shape index (κ2) is 6.22. The number of hydrogen-bond acceptors (Lipinski definition) is 3. The largest absolute Gasteiger partial charge is 0.478 e. The van der Waals surface area contributed by atoms with Crippen LogP contribution < -0.4 is 0 Å². The van der Waals surface area contributed by atoms with Crippen LogP contribution in [0.25, 0.3) is 0 Å². The molecule has 5 heteroatoms. The maximum Gasteiger partial charge on any atom is 0.336 e. The van der Waals surface area contributed by atoms with Gasteiger partial charge < -0.3 is 10.2 Å². The van der Waals surface area contributed by atoms with Crippen molar-refractivity contribution >= 4 is 17.7 Å². The summed E-state index contributed by atoms with van der Waals surface area (Å²) in [5.41, 5.74) is 1.19. The monoisotopic (exact) mass is 298 g/mol. The fourth-order valence-electron chi connectivity index (χ4n) is 2.22. The van der Waals surface area contributed by atoms with Gasteiger partial charge in [-0.3, -0.25) is 4.79 Å². The van der Waals surface area contributed by atoms with Crippen LogP contribution in [0.15, 0.2) is 42.5 Å². The van der Waals surface area contributed by atoms with Crippen molar-refractivity contribution in [3.8, 4) is 0 Å². The summed E-state index contributed by atoms with van der Waals surface area (Å²) in [5.74, 6) is -2.73. The minimum atomic E-state index is -1.19. The zero-order valence-corrected chi connectivity index (χ0v) is 11.9. The molecule has 0 aromatic heterocycles.